The first kappa shape index (κ1) is 12.5. The maximum atomic E-state index is 12.5. The highest BCUT2D eigenvalue weighted by atomic mass is 32.2. The number of rotatable bonds is 1. The molecule has 1 aromatic carbocycles. The predicted octanol–water partition coefficient (Wildman–Crippen LogP) is 0.922. The van der Waals surface area contributed by atoms with E-state index in [1.165, 1.54) is 11.3 Å². The van der Waals surface area contributed by atoms with Crippen LogP contribution >= 0.6 is 11.8 Å². The van der Waals surface area contributed by atoms with Gasteiger partial charge >= 0.3 is 0 Å². The van der Waals surface area contributed by atoms with E-state index < -0.39 is 0 Å². The molecule has 0 aromatic heterocycles. The summed E-state index contributed by atoms with van der Waals surface area (Å²) in [5.41, 5.74) is 2.81. The number of hydrogen-bond acceptors (Lipinski definition) is 4. The molecule has 0 aliphatic carbocycles. The summed E-state index contributed by atoms with van der Waals surface area (Å²) < 4.78 is 0. The van der Waals surface area contributed by atoms with Crippen LogP contribution in [0.1, 0.15) is 5.56 Å². The van der Waals surface area contributed by atoms with Gasteiger partial charge in [0.15, 0.2) is 0 Å². The van der Waals surface area contributed by atoms with Crippen molar-refractivity contribution in [3.05, 3.63) is 29.8 Å². The molecule has 3 heterocycles. The average molecular weight is 289 g/mol. The minimum absolute atomic E-state index is 0.0373. The van der Waals surface area contributed by atoms with Gasteiger partial charge in [0.1, 0.15) is 0 Å². The van der Waals surface area contributed by atoms with Crippen molar-refractivity contribution in [3.8, 4) is 0 Å². The average Bonchev–Trinajstić information content (AvgIpc) is 3.13. The highest BCUT2D eigenvalue weighted by Crippen LogP contribution is 2.34. The van der Waals surface area contributed by atoms with Gasteiger partial charge in [-0.2, -0.15) is 0 Å². The van der Waals surface area contributed by atoms with E-state index in [9.17, 15) is 4.79 Å². The Morgan fingerprint density at radius 1 is 1.30 bits per heavy atom. The van der Waals surface area contributed by atoms with Gasteiger partial charge in [-0.3, -0.25) is 10.1 Å². The van der Waals surface area contributed by atoms with Crippen LogP contribution in [0.2, 0.25) is 0 Å². The molecule has 0 saturated carbocycles. The predicted molar refractivity (Wildman–Crippen MR) is 82.1 cm³/mol. The molecule has 0 bridgehead atoms. The zero-order chi connectivity index (χ0) is 13.5. The summed E-state index contributed by atoms with van der Waals surface area (Å²) in [5, 5.41) is 3.29. The number of hydrogen-bond donors (Lipinski definition) is 1. The number of thioether (sulfide) groups is 1. The second kappa shape index (κ2) is 4.97. The van der Waals surface area contributed by atoms with Crippen molar-refractivity contribution in [1.82, 2.24) is 10.2 Å². The van der Waals surface area contributed by atoms with Crippen molar-refractivity contribution in [2.75, 3.05) is 36.2 Å². The van der Waals surface area contributed by atoms with Gasteiger partial charge in [-0.1, -0.05) is 18.2 Å². The van der Waals surface area contributed by atoms with Crippen molar-refractivity contribution in [2.45, 2.75) is 18.5 Å². The summed E-state index contributed by atoms with van der Waals surface area (Å²) in [6.45, 7) is 2.69. The van der Waals surface area contributed by atoms with Gasteiger partial charge in [-0.15, -0.1) is 11.8 Å². The van der Waals surface area contributed by atoms with Gasteiger partial charge in [0.05, 0.1) is 12.1 Å². The highest BCUT2D eigenvalue weighted by Gasteiger charge is 2.37. The number of anilines is 1. The van der Waals surface area contributed by atoms with Crippen molar-refractivity contribution >= 4 is 23.4 Å². The molecule has 2 unspecified atom stereocenters. The van der Waals surface area contributed by atoms with E-state index in [2.05, 4.69) is 39.4 Å². The summed E-state index contributed by atoms with van der Waals surface area (Å²) in [5.74, 6) is 2.13. The van der Waals surface area contributed by atoms with Crippen LogP contribution < -0.4 is 10.2 Å². The SMILES string of the molecule is O=C(C1CSCN1)N1CCN2c3ccccc3CC2C1. The van der Waals surface area contributed by atoms with E-state index in [1.54, 1.807) is 0 Å². The lowest BCUT2D eigenvalue weighted by atomic mass is 10.1. The van der Waals surface area contributed by atoms with Crippen LogP contribution in [0, 0.1) is 0 Å². The minimum Gasteiger partial charge on any atom is -0.364 e. The third kappa shape index (κ3) is 2.00. The number of para-hydroxylation sites is 1. The van der Waals surface area contributed by atoms with Crippen LogP contribution in [0.5, 0.6) is 0 Å². The molecule has 4 rings (SSSR count). The summed E-state index contributed by atoms with van der Waals surface area (Å²) in [6, 6.07) is 9.16. The molecule has 2 fully saturated rings. The normalized spacial score (nSPS) is 28.4. The van der Waals surface area contributed by atoms with Crippen molar-refractivity contribution in [1.29, 1.82) is 0 Å². The highest BCUT2D eigenvalue weighted by molar-refractivity contribution is 7.99. The fourth-order valence-corrected chi connectivity index (χ4v) is 4.47. The lowest BCUT2D eigenvalue weighted by molar-refractivity contribution is -0.133. The van der Waals surface area contributed by atoms with Crippen LogP contribution in [0.25, 0.3) is 0 Å². The molecule has 1 aromatic rings. The molecule has 5 heteroatoms. The Labute approximate surface area is 123 Å². The fraction of sp³-hybridized carbons (Fsp3) is 0.533. The van der Waals surface area contributed by atoms with E-state index in [0.29, 0.717) is 11.9 Å². The van der Waals surface area contributed by atoms with Gasteiger partial charge in [0, 0.05) is 37.0 Å². The second-order valence-corrected chi connectivity index (χ2v) is 6.77. The van der Waals surface area contributed by atoms with Crippen LogP contribution in [-0.4, -0.2) is 54.2 Å². The van der Waals surface area contributed by atoms with Crippen LogP contribution in [0.3, 0.4) is 0 Å². The van der Waals surface area contributed by atoms with E-state index in [-0.39, 0.29) is 6.04 Å². The quantitative estimate of drug-likeness (QED) is 0.834. The molecule has 3 aliphatic rings. The third-order valence-corrected chi connectivity index (χ3v) is 5.51. The molecule has 1 N–H and O–H groups in total. The van der Waals surface area contributed by atoms with Gasteiger partial charge in [-0.05, 0) is 18.1 Å². The first-order valence-electron chi connectivity index (χ1n) is 7.27. The molecule has 2 atom stereocenters. The molecule has 1 amide bonds. The standard InChI is InChI=1S/C15H19N3OS/c19-15(13-9-20-10-16-13)17-5-6-18-12(8-17)7-11-3-1-2-4-14(11)18/h1-4,12-13,16H,5-10H2. The van der Waals surface area contributed by atoms with E-state index >= 15 is 0 Å². The lowest BCUT2D eigenvalue weighted by Gasteiger charge is -2.40. The molecule has 3 aliphatic heterocycles. The first-order valence-corrected chi connectivity index (χ1v) is 8.43. The monoisotopic (exact) mass is 289 g/mol. The largest absolute Gasteiger partial charge is 0.364 e. The van der Waals surface area contributed by atoms with Crippen LogP contribution in [-0.2, 0) is 11.2 Å². The first-order chi connectivity index (χ1) is 9.83. The number of benzene rings is 1. The number of nitrogens with one attached hydrogen (secondary N) is 1. The van der Waals surface area contributed by atoms with Gasteiger partial charge in [0.25, 0.3) is 0 Å². The number of amides is 1. The number of nitrogens with zero attached hydrogens (tertiary/aromatic N) is 2. The number of fused-ring (bicyclic) bond motifs is 3. The number of carbonyl (C=O) groups excluding carboxylic acids is 1. The molecule has 0 radical (unpaired) electrons. The molecule has 0 spiro atoms. The lowest BCUT2D eigenvalue weighted by Crippen LogP contribution is -2.57. The minimum atomic E-state index is 0.0373. The molecule has 106 valence electrons. The zero-order valence-corrected chi connectivity index (χ0v) is 12.2. The van der Waals surface area contributed by atoms with E-state index in [4.69, 9.17) is 0 Å². The summed E-state index contributed by atoms with van der Waals surface area (Å²) in [6.07, 6.45) is 1.08. The van der Waals surface area contributed by atoms with Gasteiger partial charge < -0.3 is 9.80 Å². The summed E-state index contributed by atoms with van der Waals surface area (Å²) >= 11 is 1.81. The van der Waals surface area contributed by atoms with Crippen molar-refractivity contribution < 1.29 is 4.79 Å². The Morgan fingerprint density at radius 3 is 3.05 bits per heavy atom. The Hall–Kier alpha value is -1.20. The van der Waals surface area contributed by atoms with Crippen LogP contribution in [0.15, 0.2) is 24.3 Å². The van der Waals surface area contributed by atoms with E-state index in [1.807, 2.05) is 11.8 Å². The molecular formula is C15H19N3OS. The Kier molecular flexibility index (Phi) is 3.11. The summed E-state index contributed by atoms with van der Waals surface area (Å²) in [7, 11) is 0. The van der Waals surface area contributed by atoms with Crippen molar-refractivity contribution in [3.63, 3.8) is 0 Å². The van der Waals surface area contributed by atoms with Gasteiger partial charge in [-0.25, -0.2) is 0 Å². The molecule has 2 saturated heterocycles. The van der Waals surface area contributed by atoms with Gasteiger partial charge in [0.2, 0.25) is 5.91 Å². The summed E-state index contributed by atoms with van der Waals surface area (Å²) in [4.78, 5) is 17.0. The zero-order valence-electron chi connectivity index (χ0n) is 11.4. The molecule has 4 nitrogen and oxygen atoms in total. The topological polar surface area (TPSA) is 35.6 Å². The molecule has 20 heavy (non-hydrogen) atoms. The van der Waals surface area contributed by atoms with E-state index in [0.717, 1.165) is 37.7 Å². The smallest absolute Gasteiger partial charge is 0.240 e. The number of piperazine rings is 1. The third-order valence-electron chi connectivity index (χ3n) is 4.57. The Morgan fingerprint density at radius 2 is 2.20 bits per heavy atom. The fourth-order valence-electron chi connectivity index (χ4n) is 3.54. The second-order valence-electron chi connectivity index (χ2n) is 5.74. The Balaban J connectivity index is 1.48. The maximum Gasteiger partial charge on any atom is 0.240 e. The number of carbonyl (C=O) groups is 1. The maximum absolute atomic E-state index is 12.5. The van der Waals surface area contributed by atoms with Crippen LogP contribution in [0.4, 0.5) is 5.69 Å². The van der Waals surface area contributed by atoms with Crippen molar-refractivity contribution in [2.24, 2.45) is 0 Å². The molecular weight excluding hydrogens is 270 g/mol. The Bertz CT molecular complexity index is 530.